The van der Waals surface area contributed by atoms with Crippen LogP contribution in [0, 0.1) is 0 Å². The third kappa shape index (κ3) is 2.48. The molecule has 0 bridgehead atoms. The van der Waals surface area contributed by atoms with Gasteiger partial charge < -0.3 is 10.2 Å². The normalized spacial score (nSPS) is 11.5. The van der Waals surface area contributed by atoms with Crippen LogP contribution < -0.4 is 0 Å². The molecule has 86 valence electrons. The van der Waals surface area contributed by atoms with Gasteiger partial charge >= 0.3 is 0 Å². The first-order valence-electron chi connectivity index (χ1n) is 5.46. The SMILES string of the molecule is CC=C(c1ccccc1)c1cc(O)cc(O)c1. The minimum atomic E-state index is 0.0651. The number of allylic oxidation sites excluding steroid dienone is 1. The number of hydrogen-bond donors (Lipinski definition) is 2. The van der Waals surface area contributed by atoms with Crippen molar-refractivity contribution in [1.82, 2.24) is 0 Å². The Morgan fingerprint density at radius 2 is 1.47 bits per heavy atom. The zero-order chi connectivity index (χ0) is 12.3. The predicted octanol–water partition coefficient (Wildman–Crippen LogP) is 3.55. The summed E-state index contributed by atoms with van der Waals surface area (Å²) in [7, 11) is 0. The molecule has 17 heavy (non-hydrogen) atoms. The summed E-state index contributed by atoms with van der Waals surface area (Å²) in [6, 6.07) is 14.5. The van der Waals surface area contributed by atoms with Crippen LogP contribution in [-0.2, 0) is 0 Å². The van der Waals surface area contributed by atoms with Gasteiger partial charge in [0.25, 0.3) is 0 Å². The summed E-state index contributed by atoms with van der Waals surface area (Å²) in [5.74, 6) is 0.130. The van der Waals surface area contributed by atoms with Crippen LogP contribution in [0.1, 0.15) is 18.1 Å². The highest BCUT2D eigenvalue weighted by atomic mass is 16.3. The maximum absolute atomic E-state index is 9.50. The van der Waals surface area contributed by atoms with Gasteiger partial charge in [0.15, 0.2) is 0 Å². The van der Waals surface area contributed by atoms with Crippen molar-refractivity contribution in [1.29, 1.82) is 0 Å². The third-order valence-corrected chi connectivity index (χ3v) is 2.59. The molecular weight excluding hydrogens is 212 g/mol. The number of benzene rings is 2. The molecule has 0 aliphatic rings. The van der Waals surface area contributed by atoms with E-state index < -0.39 is 0 Å². The van der Waals surface area contributed by atoms with Crippen LogP contribution in [-0.4, -0.2) is 10.2 Å². The Balaban J connectivity index is 2.51. The van der Waals surface area contributed by atoms with E-state index in [0.717, 1.165) is 16.7 Å². The van der Waals surface area contributed by atoms with E-state index in [9.17, 15) is 10.2 Å². The van der Waals surface area contributed by atoms with Crippen LogP contribution in [0.4, 0.5) is 0 Å². The smallest absolute Gasteiger partial charge is 0.119 e. The number of phenols is 2. The molecule has 0 aromatic heterocycles. The van der Waals surface area contributed by atoms with Crippen molar-refractivity contribution < 1.29 is 10.2 Å². The second-order valence-corrected chi connectivity index (χ2v) is 3.81. The molecule has 0 aliphatic carbocycles. The first-order valence-corrected chi connectivity index (χ1v) is 5.46. The average Bonchev–Trinajstić information content (AvgIpc) is 2.30. The highest BCUT2D eigenvalue weighted by Gasteiger charge is 2.06. The zero-order valence-corrected chi connectivity index (χ0v) is 9.59. The van der Waals surface area contributed by atoms with Crippen molar-refractivity contribution in [3.63, 3.8) is 0 Å². The lowest BCUT2D eigenvalue weighted by Crippen LogP contribution is -1.87. The topological polar surface area (TPSA) is 40.5 Å². The predicted molar refractivity (Wildman–Crippen MR) is 69.0 cm³/mol. The van der Waals surface area contributed by atoms with E-state index in [1.807, 2.05) is 43.3 Å². The minimum Gasteiger partial charge on any atom is -0.508 e. The number of aromatic hydroxyl groups is 2. The van der Waals surface area contributed by atoms with Crippen molar-refractivity contribution >= 4 is 5.57 Å². The zero-order valence-electron chi connectivity index (χ0n) is 9.59. The molecule has 2 aromatic carbocycles. The Kier molecular flexibility index (Phi) is 3.15. The van der Waals surface area contributed by atoms with E-state index in [1.165, 1.54) is 6.07 Å². The highest BCUT2D eigenvalue weighted by Crippen LogP contribution is 2.29. The summed E-state index contributed by atoms with van der Waals surface area (Å²) in [5, 5.41) is 19.0. The first kappa shape index (κ1) is 11.3. The van der Waals surface area contributed by atoms with Gasteiger partial charge in [0.2, 0.25) is 0 Å². The van der Waals surface area contributed by atoms with Crippen molar-refractivity contribution in [2.24, 2.45) is 0 Å². The lowest BCUT2D eigenvalue weighted by molar-refractivity contribution is 0.450. The molecule has 2 rings (SSSR count). The van der Waals surface area contributed by atoms with E-state index in [2.05, 4.69) is 0 Å². The first-order chi connectivity index (χ1) is 8.20. The maximum atomic E-state index is 9.50. The summed E-state index contributed by atoms with van der Waals surface area (Å²) in [5.41, 5.74) is 2.84. The Bertz CT molecular complexity index is 522. The van der Waals surface area contributed by atoms with Crippen molar-refractivity contribution in [2.45, 2.75) is 6.92 Å². The molecule has 0 heterocycles. The van der Waals surface area contributed by atoms with Gasteiger partial charge in [-0.15, -0.1) is 0 Å². The van der Waals surface area contributed by atoms with Crippen LogP contribution >= 0.6 is 0 Å². The van der Waals surface area contributed by atoms with Gasteiger partial charge in [0.1, 0.15) is 11.5 Å². The molecule has 0 fully saturated rings. The molecule has 0 unspecified atom stereocenters. The minimum absolute atomic E-state index is 0.0651. The fourth-order valence-corrected chi connectivity index (χ4v) is 1.87. The van der Waals surface area contributed by atoms with Crippen LogP contribution in [0.3, 0.4) is 0 Å². The quantitative estimate of drug-likeness (QED) is 0.822. The van der Waals surface area contributed by atoms with Gasteiger partial charge in [-0.25, -0.2) is 0 Å². The summed E-state index contributed by atoms with van der Waals surface area (Å²) in [4.78, 5) is 0. The summed E-state index contributed by atoms with van der Waals surface area (Å²) >= 11 is 0. The van der Waals surface area contributed by atoms with Crippen LogP contribution in [0.15, 0.2) is 54.6 Å². The van der Waals surface area contributed by atoms with Crippen LogP contribution in [0.5, 0.6) is 11.5 Å². The molecule has 0 saturated heterocycles. The van der Waals surface area contributed by atoms with Crippen molar-refractivity contribution in [3.8, 4) is 11.5 Å². The largest absolute Gasteiger partial charge is 0.508 e. The van der Waals surface area contributed by atoms with E-state index in [4.69, 9.17) is 0 Å². The Hall–Kier alpha value is -2.22. The number of rotatable bonds is 2. The van der Waals surface area contributed by atoms with E-state index in [0.29, 0.717) is 0 Å². The van der Waals surface area contributed by atoms with Gasteiger partial charge in [0, 0.05) is 6.07 Å². The van der Waals surface area contributed by atoms with Crippen molar-refractivity contribution in [2.75, 3.05) is 0 Å². The summed E-state index contributed by atoms with van der Waals surface area (Å²) in [6.45, 7) is 1.93. The monoisotopic (exact) mass is 226 g/mol. The molecule has 0 spiro atoms. The molecule has 0 saturated carbocycles. The molecule has 2 N–H and O–H groups in total. The van der Waals surface area contributed by atoms with E-state index in [-0.39, 0.29) is 11.5 Å². The highest BCUT2D eigenvalue weighted by molar-refractivity contribution is 5.80. The Morgan fingerprint density at radius 3 is 2.00 bits per heavy atom. The number of hydrogen-bond acceptors (Lipinski definition) is 2. The summed E-state index contributed by atoms with van der Waals surface area (Å²) < 4.78 is 0. The van der Waals surface area contributed by atoms with E-state index in [1.54, 1.807) is 12.1 Å². The molecule has 2 heteroatoms. The van der Waals surface area contributed by atoms with Gasteiger partial charge in [-0.3, -0.25) is 0 Å². The van der Waals surface area contributed by atoms with Crippen LogP contribution in [0.25, 0.3) is 5.57 Å². The lowest BCUT2D eigenvalue weighted by atomic mass is 9.97. The molecule has 0 atom stereocenters. The maximum Gasteiger partial charge on any atom is 0.119 e. The molecule has 0 aliphatic heterocycles. The molecular formula is C15H14O2. The lowest BCUT2D eigenvalue weighted by Gasteiger charge is -2.08. The van der Waals surface area contributed by atoms with Gasteiger partial charge in [-0.05, 0) is 35.8 Å². The molecule has 0 amide bonds. The molecule has 2 aromatic rings. The fourth-order valence-electron chi connectivity index (χ4n) is 1.87. The average molecular weight is 226 g/mol. The second kappa shape index (κ2) is 4.74. The Morgan fingerprint density at radius 1 is 0.882 bits per heavy atom. The summed E-state index contributed by atoms with van der Waals surface area (Å²) in [6.07, 6.45) is 1.96. The van der Waals surface area contributed by atoms with Crippen molar-refractivity contribution in [3.05, 3.63) is 65.7 Å². The van der Waals surface area contributed by atoms with Gasteiger partial charge in [0.05, 0.1) is 0 Å². The van der Waals surface area contributed by atoms with Gasteiger partial charge in [-0.1, -0.05) is 36.4 Å². The standard InChI is InChI=1S/C15H14O2/c1-2-15(11-6-4-3-5-7-11)12-8-13(16)10-14(17)9-12/h2-10,16-17H,1H3. The second-order valence-electron chi connectivity index (χ2n) is 3.81. The molecule has 0 radical (unpaired) electrons. The number of phenolic OH excluding ortho intramolecular Hbond substituents is 2. The van der Waals surface area contributed by atoms with Crippen LogP contribution in [0.2, 0.25) is 0 Å². The fraction of sp³-hybridized carbons (Fsp3) is 0.0667. The third-order valence-electron chi connectivity index (χ3n) is 2.59. The molecule has 2 nitrogen and oxygen atoms in total. The van der Waals surface area contributed by atoms with Gasteiger partial charge in [-0.2, -0.15) is 0 Å². The Labute approximate surface area is 100 Å². The van der Waals surface area contributed by atoms with E-state index >= 15 is 0 Å².